The average Bonchev–Trinajstić information content (AvgIpc) is 3.50. The third-order valence-corrected chi connectivity index (χ3v) is 10.3. The molecule has 0 saturated carbocycles. The Balaban J connectivity index is 1.29. The molecule has 0 aliphatic rings. The minimum atomic E-state index is 0.899. The minimum absolute atomic E-state index is 0.899. The minimum Gasteiger partial charge on any atom is -0.244 e. The van der Waals surface area contributed by atoms with E-state index in [4.69, 9.17) is 9.97 Å². The predicted octanol–water partition coefficient (Wildman–Crippen LogP) is 11.9. The van der Waals surface area contributed by atoms with Gasteiger partial charge in [-0.15, -0.1) is 11.3 Å². The number of thiophene rings is 1. The zero-order chi connectivity index (χ0) is 29.5. The summed E-state index contributed by atoms with van der Waals surface area (Å²) < 4.78 is 2.66. The summed E-state index contributed by atoms with van der Waals surface area (Å²) in [5.74, 6) is 0. The Labute approximate surface area is 262 Å². The lowest BCUT2D eigenvalue weighted by atomic mass is 9.92. The predicted molar refractivity (Wildman–Crippen MR) is 193 cm³/mol. The van der Waals surface area contributed by atoms with Crippen LogP contribution >= 0.6 is 11.3 Å². The SMILES string of the molecule is c1ccc(-c2nc3ccc4ccccc4c3nc2-c2ccc3c(ccc4ccc5ccc6sc7ccccc7c6c5c43)c2)cc1. The van der Waals surface area contributed by atoms with Crippen molar-refractivity contribution in [2.75, 3.05) is 0 Å². The van der Waals surface area contributed by atoms with Crippen molar-refractivity contribution >= 4 is 85.6 Å². The second-order valence-electron chi connectivity index (χ2n) is 11.7. The molecule has 0 atom stereocenters. The van der Waals surface area contributed by atoms with Crippen molar-refractivity contribution in [3.63, 3.8) is 0 Å². The maximum Gasteiger partial charge on any atom is 0.0973 e. The van der Waals surface area contributed by atoms with Gasteiger partial charge in [0.2, 0.25) is 0 Å². The molecule has 10 aromatic rings. The van der Waals surface area contributed by atoms with E-state index in [0.29, 0.717) is 0 Å². The fourth-order valence-electron chi connectivity index (χ4n) is 7.12. The van der Waals surface area contributed by atoms with Crippen LogP contribution in [0.15, 0.2) is 146 Å². The van der Waals surface area contributed by atoms with Crippen LogP contribution in [-0.4, -0.2) is 9.97 Å². The smallest absolute Gasteiger partial charge is 0.0973 e. The Morgan fingerprint density at radius 3 is 1.96 bits per heavy atom. The van der Waals surface area contributed by atoms with E-state index < -0.39 is 0 Å². The van der Waals surface area contributed by atoms with Gasteiger partial charge < -0.3 is 0 Å². The fraction of sp³-hybridized carbons (Fsp3) is 0. The van der Waals surface area contributed by atoms with E-state index in [0.717, 1.165) is 38.9 Å². The highest BCUT2D eigenvalue weighted by Crippen LogP contribution is 2.43. The van der Waals surface area contributed by atoms with Crippen LogP contribution in [0.4, 0.5) is 0 Å². The molecule has 208 valence electrons. The van der Waals surface area contributed by atoms with E-state index in [2.05, 4.69) is 140 Å². The first kappa shape index (κ1) is 24.8. The Hall–Kier alpha value is -5.64. The quantitative estimate of drug-likeness (QED) is 0.188. The van der Waals surface area contributed by atoms with Crippen LogP contribution in [0.25, 0.3) is 96.8 Å². The lowest BCUT2D eigenvalue weighted by molar-refractivity contribution is 1.30. The number of aromatic nitrogens is 2. The van der Waals surface area contributed by atoms with Gasteiger partial charge in [-0.25, -0.2) is 9.97 Å². The van der Waals surface area contributed by atoms with Gasteiger partial charge >= 0.3 is 0 Å². The van der Waals surface area contributed by atoms with Crippen LogP contribution in [-0.2, 0) is 0 Å². The van der Waals surface area contributed by atoms with Crippen LogP contribution in [0.3, 0.4) is 0 Å². The molecule has 2 heterocycles. The molecule has 0 aliphatic heterocycles. The molecular weight excluding hydrogens is 565 g/mol. The Kier molecular flexibility index (Phi) is 5.19. The highest BCUT2D eigenvalue weighted by Gasteiger charge is 2.17. The highest BCUT2D eigenvalue weighted by molar-refractivity contribution is 7.26. The maximum absolute atomic E-state index is 5.38. The molecule has 0 radical (unpaired) electrons. The van der Waals surface area contributed by atoms with Gasteiger partial charge in [-0.2, -0.15) is 0 Å². The monoisotopic (exact) mass is 588 g/mol. The third kappa shape index (κ3) is 3.68. The standard InChI is InChI=1S/C42H24N2S/c1-2-9-28(10-3-1)40-41(44-42-32-11-5-4-8-25(32)19-22-34(42)43-40)30-18-21-31-29(24-30)17-16-26-14-15-27-20-23-36-39(38(27)37(26)31)33-12-6-7-13-35(33)45-36/h1-24H. The molecule has 10 rings (SSSR count). The van der Waals surface area contributed by atoms with Crippen LogP contribution < -0.4 is 0 Å². The molecule has 2 aromatic heterocycles. The molecule has 3 heteroatoms. The summed E-state index contributed by atoms with van der Waals surface area (Å²) in [5, 5.41) is 12.6. The van der Waals surface area contributed by atoms with Gasteiger partial charge in [0.05, 0.1) is 22.4 Å². The molecule has 0 unspecified atom stereocenters. The number of rotatable bonds is 2. The largest absolute Gasteiger partial charge is 0.244 e. The normalized spacial score (nSPS) is 12.0. The number of hydrogen-bond acceptors (Lipinski definition) is 3. The van der Waals surface area contributed by atoms with Crippen molar-refractivity contribution in [3.05, 3.63) is 146 Å². The summed E-state index contributed by atoms with van der Waals surface area (Å²) in [5.41, 5.74) is 5.76. The molecule has 0 saturated heterocycles. The molecule has 45 heavy (non-hydrogen) atoms. The van der Waals surface area contributed by atoms with E-state index in [1.165, 1.54) is 57.9 Å². The Bertz CT molecular complexity index is 2810. The third-order valence-electron chi connectivity index (χ3n) is 9.20. The summed E-state index contributed by atoms with van der Waals surface area (Å²) in [4.78, 5) is 10.6. The highest BCUT2D eigenvalue weighted by atomic mass is 32.1. The molecular formula is C42H24N2S. The topological polar surface area (TPSA) is 25.8 Å². The lowest BCUT2D eigenvalue weighted by Crippen LogP contribution is -1.96. The molecule has 0 bridgehead atoms. The van der Waals surface area contributed by atoms with E-state index >= 15 is 0 Å². The molecule has 2 nitrogen and oxygen atoms in total. The van der Waals surface area contributed by atoms with Gasteiger partial charge in [0.15, 0.2) is 0 Å². The summed E-state index contributed by atoms with van der Waals surface area (Å²) >= 11 is 1.88. The molecule has 0 spiro atoms. The Morgan fingerprint density at radius 1 is 0.378 bits per heavy atom. The molecule has 0 amide bonds. The van der Waals surface area contributed by atoms with Gasteiger partial charge in [-0.1, -0.05) is 121 Å². The Morgan fingerprint density at radius 2 is 1.07 bits per heavy atom. The van der Waals surface area contributed by atoms with Crippen molar-refractivity contribution in [3.8, 4) is 22.5 Å². The average molecular weight is 589 g/mol. The maximum atomic E-state index is 5.38. The zero-order valence-electron chi connectivity index (χ0n) is 24.2. The zero-order valence-corrected chi connectivity index (χ0v) is 25.0. The van der Waals surface area contributed by atoms with Gasteiger partial charge in [0.25, 0.3) is 0 Å². The number of fused-ring (bicyclic) bond motifs is 12. The number of benzene rings is 8. The van der Waals surface area contributed by atoms with Crippen LogP contribution in [0, 0.1) is 0 Å². The van der Waals surface area contributed by atoms with Crippen LogP contribution in [0.5, 0.6) is 0 Å². The molecule has 0 fully saturated rings. The van der Waals surface area contributed by atoms with Crippen molar-refractivity contribution in [2.24, 2.45) is 0 Å². The molecule has 8 aromatic carbocycles. The van der Waals surface area contributed by atoms with Crippen LogP contribution in [0.1, 0.15) is 0 Å². The van der Waals surface area contributed by atoms with Crippen molar-refractivity contribution in [2.45, 2.75) is 0 Å². The fourth-order valence-corrected chi connectivity index (χ4v) is 8.23. The van der Waals surface area contributed by atoms with E-state index in [1.807, 2.05) is 17.4 Å². The van der Waals surface area contributed by atoms with Crippen molar-refractivity contribution < 1.29 is 0 Å². The lowest BCUT2D eigenvalue weighted by Gasteiger charge is -2.14. The summed E-state index contributed by atoms with van der Waals surface area (Å²) in [6.45, 7) is 0. The van der Waals surface area contributed by atoms with Gasteiger partial charge in [0, 0.05) is 36.7 Å². The second-order valence-corrected chi connectivity index (χ2v) is 12.8. The van der Waals surface area contributed by atoms with Gasteiger partial charge in [-0.05, 0) is 62.0 Å². The van der Waals surface area contributed by atoms with Gasteiger partial charge in [-0.3, -0.25) is 0 Å². The van der Waals surface area contributed by atoms with Crippen molar-refractivity contribution in [1.82, 2.24) is 9.97 Å². The first-order valence-electron chi connectivity index (χ1n) is 15.2. The number of nitrogens with zero attached hydrogens (tertiary/aromatic N) is 2. The molecule has 0 aliphatic carbocycles. The van der Waals surface area contributed by atoms with Crippen LogP contribution in [0.2, 0.25) is 0 Å². The first-order valence-corrected chi connectivity index (χ1v) is 16.1. The first-order chi connectivity index (χ1) is 22.3. The van der Waals surface area contributed by atoms with E-state index in [1.54, 1.807) is 0 Å². The summed E-state index contributed by atoms with van der Waals surface area (Å²) in [6, 6.07) is 52.3. The van der Waals surface area contributed by atoms with E-state index in [9.17, 15) is 0 Å². The van der Waals surface area contributed by atoms with E-state index in [-0.39, 0.29) is 0 Å². The summed E-state index contributed by atoms with van der Waals surface area (Å²) in [6.07, 6.45) is 0. The number of hydrogen-bond donors (Lipinski definition) is 0. The van der Waals surface area contributed by atoms with Gasteiger partial charge in [0.1, 0.15) is 0 Å². The second kappa shape index (κ2) is 9.43. The summed E-state index contributed by atoms with van der Waals surface area (Å²) in [7, 11) is 0. The van der Waals surface area contributed by atoms with Crippen molar-refractivity contribution in [1.29, 1.82) is 0 Å². The molecule has 0 N–H and O–H groups in total.